The molecule has 2 unspecified atom stereocenters. The Morgan fingerprint density at radius 3 is 2.67 bits per heavy atom. The molecule has 2 aliphatic rings. The van der Waals surface area contributed by atoms with E-state index in [4.69, 9.17) is 0 Å². The number of amides is 1. The molecule has 1 saturated carbocycles. The van der Waals surface area contributed by atoms with Crippen LogP contribution in [-0.4, -0.2) is 23.7 Å². The molecule has 0 bridgehead atoms. The maximum atomic E-state index is 11.7. The minimum Gasteiger partial charge on any atom is -0.393 e. The number of hydrogen-bond donors (Lipinski definition) is 2. The molecule has 0 radical (unpaired) electrons. The molecular formula is C12H19NO2. The second kappa shape index (κ2) is 4.79. The SMILES string of the molecule is O=C(NCC1CCC(O)C1)C1CC=CC1. The van der Waals surface area contributed by atoms with Gasteiger partial charge in [-0.1, -0.05) is 12.2 Å². The Morgan fingerprint density at radius 1 is 1.33 bits per heavy atom. The summed E-state index contributed by atoms with van der Waals surface area (Å²) in [4.78, 5) is 11.7. The minimum absolute atomic E-state index is 0.139. The minimum atomic E-state index is -0.139. The van der Waals surface area contributed by atoms with Gasteiger partial charge in [-0.15, -0.1) is 0 Å². The molecule has 0 aliphatic heterocycles. The first-order chi connectivity index (χ1) is 7.25. The van der Waals surface area contributed by atoms with E-state index in [1.807, 2.05) is 0 Å². The zero-order chi connectivity index (χ0) is 10.7. The summed E-state index contributed by atoms with van der Waals surface area (Å²) >= 11 is 0. The van der Waals surface area contributed by atoms with Crippen LogP contribution in [0.3, 0.4) is 0 Å². The highest BCUT2D eigenvalue weighted by atomic mass is 16.3. The number of aliphatic hydroxyl groups is 1. The summed E-state index contributed by atoms with van der Waals surface area (Å²) < 4.78 is 0. The van der Waals surface area contributed by atoms with Crippen molar-refractivity contribution in [1.82, 2.24) is 5.32 Å². The van der Waals surface area contributed by atoms with E-state index in [9.17, 15) is 9.90 Å². The zero-order valence-electron chi connectivity index (χ0n) is 8.98. The molecule has 0 aromatic heterocycles. The van der Waals surface area contributed by atoms with Crippen LogP contribution in [0.5, 0.6) is 0 Å². The van der Waals surface area contributed by atoms with Gasteiger partial charge in [0.2, 0.25) is 5.91 Å². The van der Waals surface area contributed by atoms with Crippen molar-refractivity contribution in [2.24, 2.45) is 11.8 Å². The number of carbonyl (C=O) groups excluding carboxylic acids is 1. The van der Waals surface area contributed by atoms with E-state index in [0.29, 0.717) is 5.92 Å². The first-order valence-electron chi connectivity index (χ1n) is 5.86. The number of carbonyl (C=O) groups is 1. The van der Waals surface area contributed by atoms with E-state index in [2.05, 4.69) is 17.5 Å². The van der Waals surface area contributed by atoms with Crippen molar-refractivity contribution < 1.29 is 9.90 Å². The number of allylic oxidation sites excluding steroid dienone is 2. The van der Waals surface area contributed by atoms with Gasteiger partial charge in [-0.05, 0) is 38.0 Å². The van der Waals surface area contributed by atoms with Crippen molar-refractivity contribution in [3.8, 4) is 0 Å². The van der Waals surface area contributed by atoms with Crippen molar-refractivity contribution in [2.75, 3.05) is 6.54 Å². The van der Waals surface area contributed by atoms with E-state index < -0.39 is 0 Å². The third-order valence-electron chi connectivity index (χ3n) is 3.46. The standard InChI is InChI=1S/C12H19NO2/c14-11-6-5-9(7-11)8-13-12(15)10-3-1-2-4-10/h1-2,9-11,14H,3-8H2,(H,13,15). The lowest BCUT2D eigenvalue weighted by Gasteiger charge is -2.14. The largest absolute Gasteiger partial charge is 0.393 e. The maximum Gasteiger partial charge on any atom is 0.223 e. The summed E-state index contributed by atoms with van der Waals surface area (Å²) in [5, 5.41) is 12.4. The Morgan fingerprint density at radius 2 is 2.07 bits per heavy atom. The van der Waals surface area contributed by atoms with Crippen LogP contribution in [0.25, 0.3) is 0 Å². The summed E-state index contributed by atoms with van der Waals surface area (Å²) in [7, 11) is 0. The van der Waals surface area contributed by atoms with E-state index in [0.717, 1.165) is 38.6 Å². The van der Waals surface area contributed by atoms with Crippen molar-refractivity contribution in [3.05, 3.63) is 12.2 Å². The van der Waals surface area contributed by atoms with Gasteiger partial charge in [-0.2, -0.15) is 0 Å². The monoisotopic (exact) mass is 209 g/mol. The summed E-state index contributed by atoms with van der Waals surface area (Å²) in [5.41, 5.74) is 0. The zero-order valence-corrected chi connectivity index (χ0v) is 8.98. The molecule has 1 fully saturated rings. The fourth-order valence-electron chi connectivity index (χ4n) is 2.45. The quantitative estimate of drug-likeness (QED) is 0.687. The van der Waals surface area contributed by atoms with Crippen LogP contribution < -0.4 is 5.32 Å². The van der Waals surface area contributed by atoms with E-state index in [1.165, 1.54) is 0 Å². The summed E-state index contributed by atoms with van der Waals surface area (Å²) in [6.07, 6.45) is 8.57. The highest BCUT2D eigenvalue weighted by Gasteiger charge is 2.24. The number of hydrogen-bond acceptors (Lipinski definition) is 2. The van der Waals surface area contributed by atoms with Gasteiger partial charge in [0.05, 0.1) is 6.10 Å². The molecule has 0 aromatic rings. The van der Waals surface area contributed by atoms with E-state index in [-0.39, 0.29) is 17.9 Å². The van der Waals surface area contributed by atoms with Gasteiger partial charge in [0.25, 0.3) is 0 Å². The van der Waals surface area contributed by atoms with E-state index in [1.54, 1.807) is 0 Å². The van der Waals surface area contributed by atoms with Crippen LogP contribution in [-0.2, 0) is 4.79 Å². The van der Waals surface area contributed by atoms with E-state index >= 15 is 0 Å². The molecule has 15 heavy (non-hydrogen) atoms. The second-order valence-electron chi connectivity index (χ2n) is 4.72. The predicted molar refractivity (Wildman–Crippen MR) is 58.2 cm³/mol. The molecule has 1 amide bonds. The Labute approximate surface area is 90.6 Å². The fourth-order valence-corrected chi connectivity index (χ4v) is 2.45. The van der Waals surface area contributed by atoms with Gasteiger partial charge in [-0.3, -0.25) is 4.79 Å². The highest BCUT2D eigenvalue weighted by Crippen LogP contribution is 2.25. The first kappa shape index (κ1) is 10.7. The summed E-state index contributed by atoms with van der Waals surface area (Å²) in [6.45, 7) is 0.742. The van der Waals surface area contributed by atoms with Crippen molar-refractivity contribution in [2.45, 2.75) is 38.2 Å². The number of nitrogens with one attached hydrogen (secondary N) is 1. The molecule has 2 rings (SSSR count). The van der Waals surface area contributed by atoms with Crippen LogP contribution >= 0.6 is 0 Å². The highest BCUT2D eigenvalue weighted by molar-refractivity contribution is 5.79. The summed E-state index contributed by atoms with van der Waals surface area (Å²) in [5.74, 6) is 0.830. The lowest BCUT2D eigenvalue weighted by molar-refractivity contribution is -0.124. The third-order valence-corrected chi connectivity index (χ3v) is 3.46. The molecule has 0 heterocycles. The smallest absolute Gasteiger partial charge is 0.223 e. The van der Waals surface area contributed by atoms with Gasteiger partial charge >= 0.3 is 0 Å². The van der Waals surface area contributed by atoms with Crippen molar-refractivity contribution >= 4 is 5.91 Å². The topological polar surface area (TPSA) is 49.3 Å². The molecular weight excluding hydrogens is 190 g/mol. The van der Waals surface area contributed by atoms with Gasteiger partial charge in [0.1, 0.15) is 0 Å². The predicted octanol–water partition coefficient (Wildman–Crippen LogP) is 1.23. The van der Waals surface area contributed by atoms with Gasteiger partial charge in [-0.25, -0.2) is 0 Å². The Hall–Kier alpha value is -0.830. The number of rotatable bonds is 3. The Bertz CT molecular complexity index is 254. The molecule has 3 heteroatoms. The lowest BCUT2D eigenvalue weighted by atomic mass is 10.1. The van der Waals surface area contributed by atoms with Gasteiger partial charge in [0.15, 0.2) is 0 Å². The van der Waals surface area contributed by atoms with Gasteiger partial charge < -0.3 is 10.4 Å². The molecule has 84 valence electrons. The summed E-state index contributed by atoms with van der Waals surface area (Å²) in [6, 6.07) is 0. The maximum absolute atomic E-state index is 11.7. The average Bonchev–Trinajstić information content (AvgIpc) is 2.84. The molecule has 2 aliphatic carbocycles. The normalized spacial score (nSPS) is 31.0. The molecule has 0 aromatic carbocycles. The van der Waals surface area contributed by atoms with Gasteiger partial charge in [0, 0.05) is 12.5 Å². The number of aliphatic hydroxyl groups excluding tert-OH is 1. The molecule has 3 nitrogen and oxygen atoms in total. The van der Waals surface area contributed by atoms with Crippen LogP contribution in [0, 0.1) is 11.8 Å². The molecule has 0 saturated heterocycles. The molecule has 2 atom stereocenters. The third kappa shape index (κ3) is 2.81. The Balaban J connectivity index is 1.67. The van der Waals surface area contributed by atoms with Crippen molar-refractivity contribution in [1.29, 1.82) is 0 Å². The van der Waals surface area contributed by atoms with Crippen LogP contribution in [0.1, 0.15) is 32.1 Å². The Kier molecular flexibility index (Phi) is 3.41. The van der Waals surface area contributed by atoms with Crippen LogP contribution in [0.15, 0.2) is 12.2 Å². The molecule has 0 spiro atoms. The average molecular weight is 209 g/mol. The van der Waals surface area contributed by atoms with Crippen molar-refractivity contribution in [3.63, 3.8) is 0 Å². The lowest BCUT2D eigenvalue weighted by Crippen LogP contribution is -2.33. The van der Waals surface area contributed by atoms with Crippen LogP contribution in [0.4, 0.5) is 0 Å². The fraction of sp³-hybridized carbons (Fsp3) is 0.750. The molecule has 2 N–H and O–H groups in total. The second-order valence-corrected chi connectivity index (χ2v) is 4.72. The first-order valence-corrected chi connectivity index (χ1v) is 5.86. The van der Waals surface area contributed by atoms with Crippen LogP contribution in [0.2, 0.25) is 0 Å².